The van der Waals surface area contributed by atoms with Crippen molar-refractivity contribution >= 4 is 5.97 Å². The van der Waals surface area contributed by atoms with E-state index in [9.17, 15) is 18.0 Å². The van der Waals surface area contributed by atoms with Crippen molar-refractivity contribution in [2.24, 2.45) is 0 Å². The molecule has 16 heavy (non-hydrogen) atoms. The Balaban J connectivity index is 3.58. The average molecular weight is 242 g/mol. The second-order valence-electron chi connectivity index (χ2n) is 3.55. The molecule has 96 valence electrons. The fourth-order valence-electron chi connectivity index (χ4n) is 1.03. The number of carbonyl (C=O) groups excluding carboxylic acids is 1. The minimum absolute atomic E-state index is 0.102. The molecule has 0 amide bonds. The molecule has 0 saturated heterocycles. The van der Waals surface area contributed by atoms with Crippen LogP contribution >= 0.6 is 0 Å². The number of halogens is 3. The van der Waals surface area contributed by atoms with Crippen molar-refractivity contribution in [2.75, 3.05) is 6.61 Å². The molecule has 0 aliphatic carbocycles. The molecular formula is C10H17F3O3. The van der Waals surface area contributed by atoms with Crippen molar-refractivity contribution in [3.05, 3.63) is 0 Å². The molecule has 0 aromatic carbocycles. The number of ether oxygens (including phenoxy) is 1. The number of hydrogen-bond donors (Lipinski definition) is 1. The van der Waals surface area contributed by atoms with Gasteiger partial charge in [-0.3, -0.25) is 4.79 Å². The van der Waals surface area contributed by atoms with E-state index in [1.807, 2.05) is 6.92 Å². The van der Waals surface area contributed by atoms with Crippen LogP contribution in [0.3, 0.4) is 0 Å². The summed E-state index contributed by atoms with van der Waals surface area (Å²) < 4.78 is 39.7. The Morgan fingerprint density at radius 3 is 2.44 bits per heavy atom. The molecule has 3 nitrogen and oxygen atoms in total. The first-order valence-electron chi connectivity index (χ1n) is 5.28. The van der Waals surface area contributed by atoms with Crippen molar-refractivity contribution < 1.29 is 27.8 Å². The van der Waals surface area contributed by atoms with Gasteiger partial charge in [-0.15, -0.1) is 0 Å². The molecule has 0 aliphatic rings. The van der Waals surface area contributed by atoms with E-state index >= 15 is 0 Å². The number of carbonyl (C=O) groups is 1. The smallest absolute Gasteiger partial charge is 0.417 e. The number of esters is 1. The Morgan fingerprint density at radius 2 is 1.94 bits per heavy atom. The quantitative estimate of drug-likeness (QED) is 0.551. The molecule has 1 N–H and O–H groups in total. The number of aliphatic hydroxyl groups excluding tert-OH is 1. The summed E-state index contributed by atoms with van der Waals surface area (Å²) in [5.41, 5.74) is 0. The third-order valence-corrected chi connectivity index (χ3v) is 2.01. The Labute approximate surface area is 92.6 Å². The molecule has 1 atom stereocenters. The second-order valence-corrected chi connectivity index (χ2v) is 3.55. The van der Waals surface area contributed by atoms with Crippen LogP contribution in [0, 0.1) is 0 Å². The van der Waals surface area contributed by atoms with Gasteiger partial charge in [-0.05, 0) is 6.42 Å². The second kappa shape index (κ2) is 7.49. The highest BCUT2D eigenvalue weighted by molar-refractivity contribution is 5.69. The highest BCUT2D eigenvalue weighted by atomic mass is 19.4. The number of alkyl halides is 3. The van der Waals surface area contributed by atoms with Crippen LogP contribution in [0.15, 0.2) is 0 Å². The van der Waals surface area contributed by atoms with E-state index in [0.29, 0.717) is 6.42 Å². The monoisotopic (exact) mass is 242 g/mol. The van der Waals surface area contributed by atoms with E-state index in [1.54, 1.807) is 0 Å². The minimum Gasteiger partial charge on any atom is -0.463 e. The van der Waals surface area contributed by atoms with Gasteiger partial charge in [0.05, 0.1) is 0 Å². The summed E-state index contributed by atoms with van der Waals surface area (Å²) in [6.45, 7) is 0.994. The summed E-state index contributed by atoms with van der Waals surface area (Å²) in [6.07, 6.45) is -3.76. The molecular weight excluding hydrogens is 225 g/mol. The maximum Gasteiger partial charge on any atom is 0.417 e. The molecule has 1 unspecified atom stereocenters. The number of hydrogen-bond acceptors (Lipinski definition) is 3. The summed E-state index contributed by atoms with van der Waals surface area (Å²) in [5.74, 6) is -0.695. The standard InChI is InChI=1S/C10H17F3O3/c1-2-3-4-5-6-9(15)16-7-8(14)10(11,12)13/h8,14H,2-7H2,1H3. The van der Waals surface area contributed by atoms with Crippen LogP contribution in [-0.2, 0) is 9.53 Å². The SMILES string of the molecule is CCCCCCC(=O)OCC(O)C(F)(F)F. The number of unbranched alkanes of at least 4 members (excludes halogenated alkanes) is 3. The first-order chi connectivity index (χ1) is 7.38. The van der Waals surface area contributed by atoms with Gasteiger partial charge < -0.3 is 9.84 Å². The van der Waals surface area contributed by atoms with Crippen LogP contribution in [-0.4, -0.2) is 30.0 Å². The lowest BCUT2D eigenvalue weighted by Crippen LogP contribution is -2.33. The lowest BCUT2D eigenvalue weighted by Gasteiger charge is -2.14. The summed E-state index contributed by atoms with van der Waals surface area (Å²) in [4.78, 5) is 10.9. The topological polar surface area (TPSA) is 46.5 Å². The lowest BCUT2D eigenvalue weighted by atomic mass is 10.2. The van der Waals surface area contributed by atoms with Crippen molar-refractivity contribution in [1.29, 1.82) is 0 Å². The zero-order chi connectivity index (χ0) is 12.6. The molecule has 0 heterocycles. The van der Waals surface area contributed by atoms with E-state index in [-0.39, 0.29) is 6.42 Å². The third-order valence-electron chi connectivity index (χ3n) is 2.01. The predicted octanol–water partition coefficient (Wildman–Crippen LogP) is 2.42. The van der Waals surface area contributed by atoms with Crippen molar-refractivity contribution in [3.63, 3.8) is 0 Å². The van der Waals surface area contributed by atoms with Gasteiger partial charge in [0.25, 0.3) is 0 Å². The van der Waals surface area contributed by atoms with Gasteiger partial charge >= 0.3 is 12.1 Å². The molecule has 0 aromatic heterocycles. The predicted molar refractivity (Wildman–Crippen MR) is 51.8 cm³/mol. The van der Waals surface area contributed by atoms with Gasteiger partial charge in [0.2, 0.25) is 0 Å². The van der Waals surface area contributed by atoms with Gasteiger partial charge in [-0.1, -0.05) is 26.2 Å². The van der Waals surface area contributed by atoms with E-state index < -0.39 is 24.9 Å². The Kier molecular flexibility index (Phi) is 7.12. The van der Waals surface area contributed by atoms with Gasteiger partial charge in [0.1, 0.15) is 6.61 Å². The molecule has 0 bridgehead atoms. The van der Waals surface area contributed by atoms with Crippen molar-refractivity contribution in [2.45, 2.75) is 51.3 Å². The highest BCUT2D eigenvalue weighted by Gasteiger charge is 2.39. The molecule has 0 radical (unpaired) electrons. The minimum atomic E-state index is -4.73. The maximum atomic E-state index is 11.8. The van der Waals surface area contributed by atoms with E-state index in [2.05, 4.69) is 4.74 Å². The molecule has 0 spiro atoms. The summed E-state index contributed by atoms with van der Waals surface area (Å²) >= 11 is 0. The molecule has 0 rings (SSSR count). The van der Waals surface area contributed by atoms with Crippen LogP contribution < -0.4 is 0 Å². The fourth-order valence-corrected chi connectivity index (χ4v) is 1.03. The van der Waals surface area contributed by atoms with E-state index in [0.717, 1.165) is 19.3 Å². The van der Waals surface area contributed by atoms with Gasteiger partial charge in [-0.2, -0.15) is 13.2 Å². The zero-order valence-electron chi connectivity index (χ0n) is 9.22. The van der Waals surface area contributed by atoms with Crippen LogP contribution in [0.25, 0.3) is 0 Å². The normalized spacial score (nSPS) is 13.6. The van der Waals surface area contributed by atoms with Crippen LogP contribution in [0.2, 0.25) is 0 Å². The molecule has 0 saturated carbocycles. The molecule has 0 fully saturated rings. The van der Waals surface area contributed by atoms with Crippen LogP contribution in [0.5, 0.6) is 0 Å². The number of rotatable bonds is 7. The molecule has 0 aromatic rings. The fraction of sp³-hybridized carbons (Fsp3) is 0.900. The zero-order valence-corrected chi connectivity index (χ0v) is 9.22. The highest BCUT2D eigenvalue weighted by Crippen LogP contribution is 2.20. The van der Waals surface area contributed by atoms with E-state index in [4.69, 9.17) is 5.11 Å². The summed E-state index contributed by atoms with van der Waals surface area (Å²) in [6, 6.07) is 0. The third kappa shape index (κ3) is 7.50. The van der Waals surface area contributed by atoms with Gasteiger partial charge in [0, 0.05) is 6.42 Å². The van der Waals surface area contributed by atoms with E-state index in [1.165, 1.54) is 0 Å². The molecule has 6 heteroatoms. The summed E-state index contributed by atoms with van der Waals surface area (Å²) in [7, 11) is 0. The molecule has 0 aliphatic heterocycles. The van der Waals surface area contributed by atoms with Crippen LogP contribution in [0.4, 0.5) is 13.2 Å². The lowest BCUT2D eigenvalue weighted by molar-refractivity contribution is -0.217. The Hall–Kier alpha value is -0.780. The Morgan fingerprint density at radius 1 is 1.31 bits per heavy atom. The first-order valence-corrected chi connectivity index (χ1v) is 5.28. The van der Waals surface area contributed by atoms with Gasteiger partial charge in [-0.25, -0.2) is 0 Å². The van der Waals surface area contributed by atoms with Crippen molar-refractivity contribution in [3.8, 4) is 0 Å². The van der Waals surface area contributed by atoms with Gasteiger partial charge in [0.15, 0.2) is 6.10 Å². The Bertz CT molecular complexity index is 204. The maximum absolute atomic E-state index is 11.8. The first kappa shape index (κ1) is 15.2. The summed E-state index contributed by atoms with van der Waals surface area (Å²) in [5, 5.41) is 8.54. The number of aliphatic hydroxyl groups is 1. The largest absolute Gasteiger partial charge is 0.463 e. The average Bonchev–Trinajstić information content (AvgIpc) is 2.19. The van der Waals surface area contributed by atoms with Crippen molar-refractivity contribution in [1.82, 2.24) is 0 Å². The van der Waals surface area contributed by atoms with Crippen LogP contribution in [0.1, 0.15) is 39.0 Å².